The number of hydrogen-bond donors (Lipinski definition) is 1. The standard InChI is InChI=1S/C18H20N4OS/c1-12(22-11-19-13-7-5-6-9-15(13)22)17(23)21-18-20-14-8-3-2-4-10-16(14)24-18/h5-7,9,11-12H,2-4,8,10H2,1H3,(H,20,21,23). The number of benzene rings is 1. The molecule has 5 nitrogen and oxygen atoms in total. The van der Waals surface area contributed by atoms with Gasteiger partial charge in [-0.1, -0.05) is 18.6 Å². The van der Waals surface area contributed by atoms with E-state index in [1.165, 1.54) is 29.8 Å². The molecular weight excluding hydrogens is 320 g/mol. The molecule has 0 aliphatic heterocycles. The van der Waals surface area contributed by atoms with Crippen LogP contribution in [-0.2, 0) is 17.6 Å². The number of carbonyl (C=O) groups is 1. The second kappa shape index (κ2) is 6.36. The lowest BCUT2D eigenvalue weighted by Gasteiger charge is -2.13. The van der Waals surface area contributed by atoms with E-state index in [-0.39, 0.29) is 11.9 Å². The van der Waals surface area contributed by atoms with E-state index in [2.05, 4.69) is 15.3 Å². The maximum absolute atomic E-state index is 12.6. The fourth-order valence-electron chi connectivity index (χ4n) is 3.21. The van der Waals surface area contributed by atoms with Crippen molar-refractivity contribution < 1.29 is 4.79 Å². The van der Waals surface area contributed by atoms with Gasteiger partial charge in [-0.15, -0.1) is 11.3 Å². The van der Waals surface area contributed by atoms with Crippen LogP contribution >= 0.6 is 11.3 Å². The van der Waals surface area contributed by atoms with Crippen LogP contribution < -0.4 is 5.32 Å². The topological polar surface area (TPSA) is 59.8 Å². The van der Waals surface area contributed by atoms with Crippen molar-refractivity contribution >= 4 is 33.4 Å². The van der Waals surface area contributed by atoms with E-state index >= 15 is 0 Å². The summed E-state index contributed by atoms with van der Waals surface area (Å²) in [6.45, 7) is 1.89. The van der Waals surface area contributed by atoms with E-state index in [1.807, 2.05) is 35.8 Å². The number of rotatable bonds is 3. The highest BCUT2D eigenvalue weighted by Crippen LogP contribution is 2.29. The zero-order chi connectivity index (χ0) is 16.5. The van der Waals surface area contributed by atoms with Gasteiger partial charge in [-0.25, -0.2) is 9.97 Å². The first-order valence-electron chi connectivity index (χ1n) is 8.43. The van der Waals surface area contributed by atoms with Crippen LogP contribution in [0.3, 0.4) is 0 Å². The highest BCUT2D eigenvalue weighted by molar-refractivity contribution is 7.15. The van der Waals surface area contributed by atoms with Crippen molar-refractivity contribution in [2.75, 3.05) is 5.32 Å². The highest BCUT2D eigenvalue weighted by Gasteiger charge is 2.20. The number of aromatic nitrogens is 3. The first-order valence-corrected chi connectivity index (χ1v) is 9.25. The first-order chi connectivity index (χ1) is 11.7. The summed E-state index contributed by atoms with van der Waals surface area (Å²) in [6, 6.07) is 7.52. The Bertz CT molecular complexity index is 859. The Balaban J connectivity index is 1.53. The summed E-state index contributed by atoms with van der Waals surface area (Å²) in [5, 5.41) is 3.72. The third-order valence-corrected chi connectivity index (χ3v) is 5.68. The summed E-state index contributed by atoms with van der Waals surface area (Å²) < 4.78 is 1.91. The van der Waals surface area contributed by atoms with Gasteiger partial charge in [-0.3, -0.25) is 4.79 Å². The lowest BCUT2D eigenvalue weighted by Crippen LogP contribution is -2.23. The molecule has 1 N–H and O–H groups in total. The van der Waals surface area contributed by atoms with Crippen molar-refractivity contribution in [1.82, 2.24) is 14.5 Å². The molecule has 3 aromatic rings. The van der Waals surface area contributed by atoms with Gasteiger partial charge in [0.05, 0.1) is 23.1 Å². The van der Waals surface area contributed by atoms with Crippen LogP contribution in [0.1, 0.15) is 42.8 Å². The fraction of sp³-hybridized carbons (Fsp3) is 0.389. The molecule has 0 radical (unpaired) electrons. The van der Waals surface area contributed by atoms with Gasteiger partial charge in [0.15, 0.2) is 5.13 Å². The summed E-state index contributed by atoms with van der Waals surface area (Å²) in [4.78, 5) is 23.0. The van der Waals surface area contributed by atoms with Crippen LogP contribution in [0, 0.1) is 0 Å². The van der Waals surface area contributed by atoms with Gasteiger partial charge in [0.25, 0.3) is 0 Å². The molecule has 0 saturated carbocycles. The summed E-state index contributed by atoms with van der Waals surface area (Å²) in [5.41, 5.74) is 3.04. The quantitative estimate of drug-likeness (QED) is 0.734. The molecular formula is C18H20N4OS. The van der Waals surface area contributed by atoms with E-state index in [1.54, 1.807) is 17.7 Å². The molecule has 2 heterocycles. The number of anilines is 1. The number of fused-ring (bicyclic) bond motifs is 2. The molecule has 0 fully saturated rings. The molecule has 24 heavy (non-hydrogen) atoms. The third kappa shape index (κ3) is 2.82. The number of hydrogen-bond acceptors (Lipinski definition) is 4. The summed E-state index contributed by atoms with van der Waals surface area (Å²) in [6.07, 6.45) is 7.54. The molecule has 6 heteroatoms. The van der Waals surface area contributed by atoms with Crippen LogP contribution in [0.2, 0.25) is 0 Å². The van der Waals surface area contributed by atoms with Crippen molar-refractivity contribution in [3.05, 3.63) is 41.2 Å². The molecule has 1 unspecified atom stereocenters. The maximum Gasteiger partial charge on any atom is 0.248 e. The van der Waals surface area contributed by atoms with Gasteiger partial charge < -0.3 is 9.88 Å². The molecule has 0 spiro atoms. The Morgan fingerprint density at radius 2 is 2.08 bits per heavy atom. The summed E-state index contributed by atoms with van der Waals surface area (Å²) in [7, 11) is 0. The minimum atomic E-state index is -0.332. The zero-order valence-electron chi connectivity index (χ0n) is 13.7. The number of amides is 1. The van der Waals surface area contributed by atoms with Gasteiger partial charge in [-0.2, -0.15) is 0 Å². The van der Waals surface area contributed by atoms with E-state index in [4.69, 9.17) is 0 Å². The lowest BCUT2D eigenvalue weighted by atomic mass is 10.2. The Morgan fingerprint density at radius 1 is 1.25 bits per heavy atom. The monoisotopic (exact) mass is 340 g/mol. The van der Waals surface area contributed by atoms with Gasteiger partial charge in [0.2, 0.25) is 5.91 Å². The first kappa shape index (κ1) is 15.3. The second-order valence-corrected chi connectivity index (χ2v) is 7.34. The lowest BCUT2D eigenvalue weighted by molar-refractivity contribution is -0.118. The van der Waals surface area contributed by atoms with Crippen molar-refractivity contribution in [2.24, 2.45) is 0 Å². The number of thiazole rings is 1. The third-order valence-electron chi connectivity index (χ3n) is 4.60. The molecule has 2 aromatic heterocycles. The van der Waals surface area contributed by atoms with Crippen LogP contribution in [0.5, 0.6) is 0 Å². The number of aryl methyl sites for hydroxylation is 2. The number of imidazole rings is 1. The largest absolute Gasteiger partial charge is 0.318 e. The van der Waals surface area contributed by atoms with Gasteiger partial charge in [0.1, 0.15) is 6.04 Å². The predicted molar refractivity (Wildman–Crippen MR) is 96.4 cm³/mol. The Morgan fingerprint density at radius 3 is 3.00 bits per heavy atom. The average Bonchev–Trinajstić information content (AvgIpc) is 3.12. The van der Waals surface area contributed by atoms with Gasteiger partial charge in [0, 0.05) is 4.88 Å². The minimum absolute atomic E-state index is 0.0536. The highest BCUT2D eigenvalue weighted by atomic mass is 32.1. The number of para-hydroxylation sites is 2. The van der Waals surface area contributed by atoms with Crippen molar-refractivity contribution in [1.29, 1.82) is 0 Å². The van der Waals surface area contributed by atoms with Crippen LogP contribution in [0.4, 0.5) is 5.13 Å². The van der Waals surface area contributed by atoms with E-state index < -0.39 is 0 Å². The number of nitrogens with zero attached hydrogens (tertiary/aromatic N) is 3. The molecule has 1 atom stereocenters. The molecule has 124 valence electrons. The van der Waals surface area contributed by atoms with Gasteiger partial charge in [-0.05, 0) is 44.7 Å². The summed E-state index contributed by atoms with van der Waals surface area (Å²) >= 11 is 1.63. The molecule has 1 aliphatic rings. The van der Waals surface area contributed by atoms with E-state index in [0.717, 1.165) is 29.0 Å². The van der Waals surface area contributed by atoms with E-state index in [0.29, 0.717) is 0 Å². The fourth-order valence-corrected chi connectivity index (χ4v) is 4.26. The predicted octanol–water partition coefficient (Wildman–Crippen LogP) is 3.96. The van der Waals surface area contributed by atoms with Crippen LogP contribution in [-0.4, -0.2) is 20.4 Å². The smallest absolute Gasteiger partial charge is 0.248 e. The Hall–Kier alpha value is -2.21. The van der Waals surface area contributed by atoms with E-state index in [9.17, 15) is 4.79 Å². The SMILES string of the molecule is CC(C(=O)Nc1nc2c(s1)CCCCC2)n1cnc2ccccc21. The Kier molecular flexibility index (Phi) is 4.06. The molecule has 1 amide bonds. The molecule has 0 bridgehead atoms. The minimum Gasteiger partial charge on any atom is -0.318 e. The summed E-state index contributed by atoms with van der Waals surface area (Å²) in [5.74, 6) is -0.0536. The molecule has 4 rings (SSSR count). The number of carbonyl (C=O) groups excluding carboxylic acids is 1. The maximum atomic E-state index is 12.6. The van der Waals surface area contributed by atoms with Crippen LogP contribution in [0.15, 0.2) is 30.6 Å². The molecule has 1 aromatic carbocycles. The molecule has 1 aliphatic carbocycles. The normalized spacial score (nSPS) is 15.7. The van der Waals surface area contributed by atoms with Crippen molar-refractivity contribution in [2.45, 2.75) is 45.1 Å². The second-order valence-electron chi connectivity index (χ2n) is 6.26. The van der Waals surface area contributed by atoms with Gasteiger partial charge >= 0.3 is 0 Å². The Labute approximate surface area is 144 Å². The molecule has 0 saturated heterocycles. The van der Waals surface area contributed by atoms with Crippen molar-refractivity contribution in [3.8, 4) is 0 Å². The van der Waals surface area contributed by atoms with Crippen molar-refractivity contribution in [3.63, 3.8) is 0 Å². The van der Waals surface area contributed by atoms with Crippen LogP contribution in [0.25, 0.3) is 11.0 Å². The zero-order valence-corrected chi connectivity index (χ0v) is 14.5. The average molecular weight is 340 g/mol. The number of nitrogens with one attached hydrogen (secondary N) is 1.